The number of hydrogen-bond donors (Lipinski definition) is 0. The minimum atomic E-state index is -0.216. The molecule has 0 N–H and O–H groups in total. The van der Waals surface area contributed by atoms with Gasteiger partial charge in [0.05, 0.1) is 16.1 Å². The first-order valence-corrected chi connectivity index (χ1v) is 5.37. The normalized spacial score (nSPS) is 11.3. The maximum Gasteiger partial charge on any atom is 0.329 e. The molecule has 4 nitrogen and oxygen atoms in total. The molecule has 0 bridgehead atoms. The molecule has 74 valence electrons. The molecule has 1 aromatic rings. The van der Waals surface area contributed by atoms with Crippen LogP contribution in [0.3, 0.4) is 0 Å². The fraction of sp³-hybridized carbons (Fsp3) is 0. The number of aromatic nitrogens is 3. The Morgan fingerprint density at radius 2 is 2.27 bits per heavy atom. The summed E-state index contributed by atoms with van der Waals surface area (Å²) in [5, 5.41) is 0.585. The van der Waals surface area contributed by atoms with Gasteiger partial charge in [-0.3, -0.25) is 9.20 Å². The molecule has 0 spiro atoms. The van der Waals surface area contributed by atoms with Gasteiger partial charge in [-0.2, -0.15) is 4.98 Å². The number of halogens is 1. The van der Waals surface area contributed by atoms with Crippen LogP contribution in [0.25, 0.3) is 16.3 Å². The van der Waals surface area contributed by atoms with E-state index in [2.05, 4.69) is 9.97 Å². The van der Waals surface area contributed by atoms with Gasteiger partial charge in [-0.05, 0) is 12.1 Å². The van der Waals surface area contributed by atoms with Gasteiger partial charge in [-0.15, -0.1) is 0 Å². The van der Waals surface area contributed by atoms with E-state index in [9.17, 15) is 4.79 Å². The van der Waals surface area contributed by atoms with E-state index in [0.717, 1.165) is 21.9 Å². The standard InChI is InChI=1S/C9H4ClN3OS/c10-5-1-2-7-11-3-6-8(13(7)4-5)12-9(14)15-6/h1-4H. The largest absolute Gasteiger partial charge is 0.329 e. The highest BCUT2D eigenvalue weighted by molar-refractivity contribution is 7.12. The van der Waals surface area contributed by atoms with Crippen molar-refractivity contribution in [1.29, 1.82) is 0 Å². The summed E-state index contributed by atoms with van der Waals surface area (Å²) >= 11 is 6.95. The van der Waals surface area contributed by atoms with Crippen molar-refractivity contribution >= 4 is 28.6 Å². The highest BCUT2D eigenvalue weighted by atomic mass is 35.5. The zero-order chi connectivity index (χ0) is 10.4. The third-order valence-corrected chi connectivity index (χ3v) is 3.05. The molecule has 0 aromatic carbocycles. The Bertz CT molecular complexity index is 675. The third kappa shape index (κ3) is 1.32. The van der Waals surface area contributed by atoms with Gasteiger partial charge in [0.25, 0.3) is 0 Å². The van der Waals surface area contributed by atoms with Crippen molar-refractivity contribution in [3.63, 3.8) is 0 Å². The lowest BCUT2D eigenvalue weighted by molar-refractivity contribution is 1.06. The van der Waals surface area contributed by atoms with Crippen molar-refractivity contribution in [2.45, 2.75) is 0 Å². The summed E-state index contributed by atoms with van der Waals surface area (Å²) in [5.74, 6) is 0.609. The SMILES string of the molecule is O=c1nc2n3cc(Cl)ccc3ncc-2s1. The third-order valence-electron chi connectivity index (χ3n) is 2.05. The minimum absolute atomic E-state index is 0.216. The number of pyridine rings is 1. The Morgan fingerprint density at radius 3 is 3.13 bits per heavy atom. The van der Waals surface area contributed by atoms with Gasteiger partial charge in [0.15, 0.2) is 5.82 Å². The molecule has 0 fully saturated rings. The first kappa shape index (κ1) is 8.82. The monoisotopic (exact) mass is 237 g/mol. The molecular formula is C9H4ClN3OS. The number of nitrogens with zero attached hydrogens (tertiary/aromatic N) is 3. The number of thiazole rings is 1. The lowest BCUT2D eigenvalue weighted by Gasteiger charge is -2.04. The fourth-order valence-electron chi connectivity index (χ4n) is 1.43. The molecule has 0 amide bonds. The van der Waals surface area contributed by atoms with E-state index in [1.807, 2.05) is 0 Å². The van der Waals surface area contributed by atoms with Crippen molar-refractivity contribution in [3.8, 4) is 10.7 Å². The van der Waals surface area contributed by atoms with E-state index in [1.165, 1.54) is 0 Å². The molecule has 0 aliphatic carbocycles. The Labute approximate surface area is 93.1 Å². The Morgan fingerprint density at radius 1 is 1.40 bits per heavy atom. The molecule has 6 heteroatoms. The van der Waals surface area contributed by atoms with Crippen molar-refractivity contribution < 1.29 is 0 Å². The molecule has 15 heavy (non-hydrogen) atoms. The van der Waals surface area contributed by atoms with Crippen molar-refractivity contribution in [3.05, 3.63) is 39.2 Å². The Hall–Kier alpha value is -1.46. The molecule has 0 atom stereocenters. The molecular weight excluding hydrogens is 234 g/mol. The van der Waals surface area contributed by atoms with Crippen LogP contribution in [0, 0.1) is 0 Å². The summed E-state index contributed by atoms with van der Waals surface area (Å²) in [7, 11) is 0. The van der Waals surface area contributed by atoms with E-state index >= 15 is 0 Å². The molecule has 0 saturated heterocycles. The molecule has 0 saturated carbocycles. The average molecular weight is 238 g/mol. The smallest absolute Gasteiger partial charge is 0.283 e. The van der Waals surface area contributed by atoms with Crippen molar-refractivity contribution in [2.24, 2.45) is 0 Å². The zero-order valence-electron chi connectivity index (χ0n) is 7.35. The van der Waals surface area contributed by atoms with E-state index in [4.69, 9.17) is 11.6 Å². The predicted octanol–water partition coefficient (Wildman–Crippen LogP) is 1.91. The maximum atomic E-state index is 11.2. The first-order valence-electron chi connectivity index (χ1n) is 4.17. The topological polar surface area (TPSA) is 47.3 Å². The summed E-state index contributed by atoms with van der Waals surface area (Å²) in [6.07, 6.45) is 3.35. The van der Waals surface area contributed by atoms with Gasteiger partial charge < -0.3 is 0 Å². The first-order chi connectivity index (χ1) is 7.24. The zero-order valence-corrected chi connectivity index (χ0v) is 8.92. The summed E-state index contributed by atoms with van der Waals surface area (Å²) in [4.78, 5) is 19.8. The molecule has 2 aliphatic heterocycles. The quantitative estimate of drug-likeness (QED) is 0.600. The summed E-state index contributed by atoms with van der Waals surface area (Å²) in [6, 6.07) is 3.53. The van der Waals surface area contributed by atoms with Crippen LogP contribution in [0.2, 0.25) is 5.02 Å². The van der Waals surface area contributed by atoms with E-state index in [-0.39, 0.29) is 4.87 Å². The Balaban J connectivity index is 2.56. The molecule has 0 radical (unpaired) electrons. The molecule has 0 unspecified atom stereocenters. The van der Waals surface area contributed by atoms with E-state index < -0.39 is 0 Å². The minimum Gasteiger partial charge on any atom is -0.283 e. The Kier molecular flexibility index (Phi) is 1.77. The highest BCUT2D eigenvalue weighted by Gasteiger charge is 2.12. The van der Waals surface area contributed by atoms with Crippen LogP contribution >= 0.6 is 22.9 Å². The van der Waals surface area contributed by atoms with Crippen LogP contribution in [0.1, 0.15) is 0 Å². The predicted molar refractivity (Wildman–Crippen MR) is 58.8 cm³/mol. The van der Waals surface area contributed by atoms with Gasteiger partial charge in [0.2, 0.25) is 0 Å². The summed E-state index contributed by atoms with van der Waals surface area (Å²) < 4.78 is 1.72. The fourth-order valence-corrected chi connectivity index (χ4v) is 2.25. The molecule has 2 aliphatic rings. The van der Waals surface area contributed by atoms with Crippen LogP contribution in [-0.2, 0) is 0 Å². The van der Waals surface area contributed by atoms with Crippen LogP contribution in [-0.4, -0.2) is 14.4 Å². The van der Waals surface area contributed by atoms with Gasteiger partial charge in [0, 0.05) is 6.20 Å². The van der Waals surface area contributed by atoms with Crippen LogP contribution in [0.15, 0.2) is 29.3 Å². The van der Waals surface area contributed by atoms with Gasteiger partial charge in [-0.1, -0.05) is 22.9 Å². The van der Waals surface area contributed by atoms with Gasteiger partial charge in [-0.25, -0.2) is 4.98 Å². The van der Waals surface area contributed by atoms with Crippen LogP contribution in [0.4, 0.5) is 0 Å². The number of hydrogen-bond acceptors (Lipinski definition) is 4. The van der Waals surface area contributed by atoms with Crippen LogP contribution < -0.4 is 4.87 Å². The summed E-state index contributed by atoms with van der Waals surface area (Å²) in [5.41, 5.74) is 0.720. The van der Waals surface area contributed by atoms with E-state index in [1.54, 1.807) is 28.9 Å². The summed E-state index contributed by atoms with van der Waals surface area (Å²) in [6.45, 7) is 0. The van der Waals surface area contributed by atoms with Crippen LogP contribution in [0.5, 0.6) is 0 Å². The lowest BCUT2D eigenvalue weighted by atomic mass is 10.4. The second kappa shape index (κ2) is 3.01. The average Bonchev–Trinajstić information content (AvgIpc) is 2.58. The second-order valence-corrected chi connectivity index (χ2v) is 4.43. The van der Waals surface area contributed by atoms with Gasteiger partial charge in [0.1, 0.15) is 5.65 Å². The lowest BCUT2D eigenvalue weighted by Crippen LogP contribution is -1.99. The van der Waals surface area contributed by atoms with Crippen molar-refractivity contribution in [2.75, 3.05) is 0 Å². The number of rotatable bonds is 0. The van der Waals surface area contributed by atoms with Gasteiger partial charge >= 0.3 is 4.87 Å². The number of fused-ring (bicyclic) bond motifs is 3. The molecule has 3 heterocycles. The van der Waals surface area contributed by atoms with E-state index in [0.29, 0.717) is 10.8 Å². The van der Waals surface area contributed by atoms with Crippen molar-refractivity contribution in [1.82, 2.24) is 14.4 Å². The second-order valence-electron chi connectivity index (χ2n) is 3.00. The molecule has 1 aromatic heterocycles. The highest BCUT2D eigenvalue weighted by Crippen LogP contribution is 2.22. The maximum absolute atomic E-state index is 11.2. The molecule has 3 rings (SSSR count).